The Morgan fingerprint density at radius 1 is 1.40 bits per heavy atom. The van der Waals surface area contributed by atoms with Gasteiger partial charge in [-0.15, -0.1) is 0 Å². The molecule has 0 amide bonds. The van der Waals surface area contributed by atoms with E-state index in [1.54, 1.807) is 12.1 Å². The van der Waals surface area contributed by atoms with Gasteiger partial charge in [-0.25, -0.2) is 4.79 Å². The summed E-state index contributed by atoms with van der Waals surface area (Å²) in [6.07, 6.45) is 7.39. The standard InChI is InChI=1S/C16H24N2O2/c1-2-14(11-6-4-3-5-7-11)18-15-9-8-12(17)10-13(15)16(19)20/h8-11,14,18H,2-7,17H2,1H3,(H,19,20). The molecule has 1 aliphatic rings. The molecule has 0 bridgehead atoms. The molecule has 1 atom stereocenters. The Balaban J connectivity index is 2.16. The molecule has 1 aliphatic carbocycles. The molecule has 2 rings (SSSR count). The van der Waals surface area contributed by atoms with Crippen LogP contribution in [0.4, 0.5) is 11.4 Å². The molecule has 4 nitrogen and oxygen atoms in total. The lowest BCUT2D eigenvalue weighted by molar-refractivity contribution is 0.0698. The lowest BCUT2D eigenvalue weighted by atomic mass is 9.82. The normalized spacial score (nSPS) is 17.6. The van der Waals surface area contributed by atoms with Crippen molar-refractivity contribution >= 4 is 17.3 Å². The fourth-order valence-electron chi connectivity index (χ4n) is 3.15. The van der Waals surface area contributed by atoms with E-state index in [-0.39, 0.29) is 5.56 Å². The van der Waals surface area contributed by atoms with E-state index in [1.807, 2.05) is 0 Å². The molecule has 1 fully saturated rings. The van der Waals surface area contributed by atoms with Crippen LogP contribution in [-0.2, 0) is 0 Å². The number of aromatic carboxylic acids is 1. The second kappa shape index (κ2) is 6.64. The maximum absolute atomic E-state index is 11.3. The number of hydrogen-bond acceptors (Lipinski definition) is 3. The second-order valence-electron chi connectivity index (χ2n) is 5.67. The Bertz CT molecular complexity index is 468. The smallest absolute Gasteiger partial charge is 0.337 e. The summed E-state index contributed by atoms with van der Waals surface area (Å²) in [6.45, 7) is 2.16. The van der Waals surface area contributed by atoms with E-state index in [1.165, 1.54) is 38.2 Å². The predicted octanol–water partition coefficient (Wildman–Crippen LogP) is 3.74. The summed E-state index contributed by atoms with van der Waals surface area (Å²) in [5.41, 5.74) is 7.11. The summed E-state index contributed by atoms with van der Waals surface area (Å²) in [5.74, 6) is -0.286. The molecule has 0 radical (unpaired) electrons. The summed E-state index contributed by atoms with van der Waals surface area (Å²) in [5, 5.41) is 12.7. The first kappa shape index (κ1) is 14.7. The average Bonchev–Trinajstić information content (AvgIpc) is 2.46. The molecule has 4 heteroatoms. The van der Waals surface area contributed by atoms with Crippen molar-refractivity contribution in [3.05, 3.63) is 23.8 Å². The highest BCUT2D eigenvalue weighted by atomic mass is 16.4. The van der Waals surface area contributed by atoms with Gasteiger partial charge in [0.05, 0.1) is 5.56 Å². The molecule has 110 valence electrons. The van der Waals surface area contributed by atoms with Crippen LogP contribution >= 0.6 is 0 Å². The highest BCUT2D eigenvalue weighted by Gasteiger charge is 2.23. The third kappa shape index (κ3) is 3.44. The fraction of sp³-hybridized carbons (Fsp3) is 0.562. The van der Waals surface area contributed by atoms with Crippen LogP contribution in [0.1, 0.15) is 55.8 Å². The highest BCUT2D eigenvalue weighted by Crippen LogP contribution is 2.30. The van der Waals surface area contributed by atoms with Crippen LogP contribution in [0.25, 0.3) is 0 Å². The van der Waals surface area contributed by atoms with E-state index in [2.05, 4.69) is 12.2 Å². The number of nitrogens with two attached hydrogens (primary N) is 1. The van der Waals surface area contributed by atoms with Crippen molar-refractivity contribution in [1.29, 1.82) is 0 Å². The summed E-state index contributed by atoms with van der Waals surface area (Å²) in [7, 11) is 0. The van der Waals surface area contributed by atoms with Gasteiger partial charge in [0, 0.05) is 17.4 Å². The first-order valence-electron chi connectivity index (χ1n) is 7.51. The Morgan fingerprint density at radius 2 is 2.10 bits per heavy atom. The van der Waals surface area contributed by atoms with Crippen LogP contribution in [0.3, 0.4) is 0 Å². The Kier molecular flexibility index (Phi) is 4.88. The van der Waals surface area contributed by atoms with Crippen molar-refractivity contribution in [2.24, 2.45) is 5.92 Å². The first-order valence-corrected chi connectivity index (χ1v) is 7.51. The number of hydrogen-bond donors (Lipinski definition) is 3. The van der Waals surface area contributed by atoms with Crippen molar-refractivity contribution in [3.63, 3.8) is 0 Å². The number of carboxylic acids is 1. The highest BCUT2D eigenvalue weighted by molar-refractivity contribution is 5.95. The Labute approximate surface area is 120 Å². The lowest BCUT2D eigenvalue weighted by Crippen LogP contribution is -2.30. The minimum Gasteiger partial charge on any atom is -0.478 e. The molecule has 0 heterocycles. The first-order chi connectivity index (χ1) is 9.61. The Hall–Kier alpha value is -1.71. The number of nitrogen functional groups attached to an aromatic ring is 1. The summed E-state index contributed by atoms with van der Waals surface area (Å²) >= 11 is 0. The van der Waals surface area contributed by atoms with Gasteiger partial charge in [0.15, 0.2) is 0 Å². The molecule has 0 aliphatic heterocycles. The van der Waals surface area contributed by atoms with Gasteiger partial charge in [0.25, 0.3) is 0 Å². The van der Waals surface area contributed by atoms with Gasteiger partial charge in [-0.05, 0) is 43.4 Å². The van der Waals surface area contributed by atoms with E-state index in [0.29, 0.717) is 23.3 Å². The van der Waals surface area contributed by atoms with Gasteiger partial charge in [-0.2, -0.15) is 0 Å². The molecule has 1 aromatic rings. The number of benzene rings is 1. The summed E-state index contributed by atoms with van der Waals surface area (Å²) < 4.78 is 0. The van der Waals surface area contributed by atoms with Crippen LogP contribution in [0, 0.1) is 5.92 Å². The zero-order chi connectivity index (χ0) is 14.5. The van der Waals surface area contributed by atoms with E-state index in [0.717, 1.165) is 6.42 Å². The van der Waals surface area contributed by atoms with Gasteiger partial charge in [-0.3, -0.25) is 0 Å². The van der Waals surface area contributed by atoms with Crippen molar-refractivity contribution < 1.29 is 9.90 Å². The van der Waals surface area contributed by atoms with Crippen LogP contribution in [0.5, 0.6) is 0 Å². The third-order valence-corrected chi connectivity index (χ3v) is 4.27. The van der Waals surface area contributed by atoms with Gasteiger partial charge < -0.3 is 16.2 Å². The van der Waals surface area contributed by atoms with Gasteiger partial charge >= 0.3 is 5.97 Å². The molecule has 4 N–H and O–H groups in total. The fourth-order valence-corrected chi connectivity index (χ4v) is 3.15. The van der Waals surface area contributed by atoms with Crippen LogP contribution in [0.15, 0.2) is 18.2 Å². The topological polar surface area (TPSA) is 75.3 Å². The molecule has 1 saturated carbocycles. The van der Waals surface area contributed by atoms with E-state index in [4.69, 9.17) is 5.73 Å². The summed E-state index contributed by atoms with van der Waals surface area (Å²) in [4.78, 5) is 11.3. The zero-order valence-electron chi connectivity index (χ0n) is 12.1. The van der Waals surface area contributed by atoms with E-state index >= 15 is 0 Å². The zero-order valence-corrected chi connectivity index (χ0v) is 12.1. The van der Waals surface area contributed by atoms with Gasteiger partial charge in [-0.1, -0.05) is 26.2 Å². The van der Waals surface area contributed by atoms with Crippen LogP contribution in [0.2, 0.25) is 0 Å². The average molecular weight is 276 g/mol. The molecule has 1 aromatic carbocycles. The minimum absolute atomic E-state index is 0.263. The largest absolute Gasteiger partial charge is 0.478 e. The SMILES string of the molecule is CCC(Nc1ccc(N)cc1C(=O)O)C1CCCCC1. The monoisotopic (exact) mass is 276 g/mol. The molecular weight excluding hydrogens is 252 g/mol. The third-order valence-electron chi connectivity index (χ3n) is 4.27. The van der Waals surface area contributed by atoms with Crippen molar-refractivity contribution in [3.8, 4) is 0 Å². The maximum Gasteiger partial charge on any atom is 0.337 e. The quantitative estimate of drug-likeness (QED) is 0.716. The molecule has 0 spiro atoms. The number of carboxylic acid groups (broad SMARTS) is 1. The van der Waals surface area contributed by atoms with Crippen LogP contribution < -0.4 is 11.1 Å². The second-order valence-corrected chi connectivity index (χ2v) is 5.67. The molecule has 0 aromatic heterocycles. The molecule has 1 unspecified atom stereocenters. The number of nitrogens with one attached hydrogen (secondary N) is 1. The van der Waals surface area contributed by atoms with Gasteiger partial charge in [0.2, 0.25) is 0 Å². The van der Waals surface area contributed by atoms with Crippen molar-refractivity contribution in [1.82, 2.24) is 0 Å². The molecular formula is C16H24N2O2. The Morgan fingerprint density at radius 3 is 2.70 bits per heavy atom. The van der Waals surface area contributed by atoms with Crippen LogP contribution in [-0.4, -0.2) is 17.1 Å². The molecule has 0 saturated heterocycles. The molecule has 20 heavy (non-hydrogen) atoms. The maximum atomic E-state index is 11.3. The number of rotatable bonds is 5. The lowest BCUT2D eigenvalue weighted by Gasteiger charge is -2.31. The van der Waals surface area contributed by atoms with Gasteiger partial charge in [0.1, 0.15) is 0 Å². The van der Waals surface area contributed by atoms with Crippen molar-refractivity contribution in [2.45, 2.75) is 51.5 Å². The van der Waals surface area contributed by atoms with E-state index < -0.39 is 5.97 Å². The number of carbonyl (C=O) groups is 1. The van der Waals surface area contributed by atoms with E-state index in [9.17, 15) is 9.90 Å². The number of anilines is 2. The summed E-state index contributed by atoms with van der Waals surface area (Å²) in [6, 6.07) is 5.40. The minimum atomic E-state index is -0.932. The predicted molar refractivity (Wildman–Crippen MR) is 82.1 cm³/mol. The van der Waals surface area contributed by atoms with Crippen molar-refractivity contribution in [2.75, 3.05) is 11.1 Å².